The Morgan fingerprint density at radius 3 is 1.33 bits per heavy atom. The van der Waals surface area contributed by atoms with Crippen LogP contribution < -0.4 is 0 Å². The SMILES string of the molecule is c1ccc(-c2ccc(-c3nc(-c4ccc5c6ccccc6c6ccccc6c5c4)nc(-c4ccccc4-n4c5ccccc5c5ccccc54)n3)cc2)cc1. The van der Waals surface area contributed by atoms with Crippen LogP contribution in [0.25, 0.3) is 105 Å². The average Bonchev–Trinajstić information content (AvgIpc) is 3.61. The topological polar surface area (TPSA) is 43.6 Å². The van der Waals surface area contributed by atoms with Gasteiger partial charge in [0.25, 0.3) is 0 Å². The first kappa shape index (κ1) is 31.1. The van der Waals surface area contributed by atoms with Crippen molar-refractivity contribution in [1.29, 1.82) is 0 Å². The molecule has 0 spiro atoms. The van der Waals surface area contributed by atoms with Gasteiger partial charge in [0.1, 0.15) is 0 Å². The summed E-state index contributed by atoms with van der Waals surface area (Å²) in [6.45, 7) is 0. The molecule has 0 amide bonds. The first-order valence-corrected chi connectivity index (χ1v) is 18.6. The Hall–Kier alpha value is -7.43. The van der Waals surface area contributed by atoms with Gasteiger partial charge in [-0.05, 0) is 73.8 Å². The van der Waals surface area contributed by atoms with Gasteiger partial charge in [-0.2, -0.15) is 0 Å². The molecule has 0 saturated heterocycles. The van der Waals surface area contributed by atoms with Crippen molar-refractivity contribution in [1.82, 2.24) is 19.5 Å². The minimum Gasteiger partial charge on any atom is -0.309 e. The predicted octanol–water partition coefficient (Wildman–Crippen LogP) is 13.1. The van der Waals surface area contributed by atoms with Crippen molar-refractivity contribution in [3.8, 4) is 51.0 Å². The number of rotatable bonds is 5. The Kier molecular flexibility index (Phi) is 7.14. The lowest BCUT2D eigenvalue weighted by atomic mass is 9.93. The summed E-state index contributed by atoms with van der Waals surface area (Å²) < 4.78 is 2.34. The van der Waals surface area contributed by atoms with E-state index in [2.05, 4.69) is 193 Å². The minimum atomic E-state index is 0.619. The largest absolute Gasteiger partial charge is 0.309 e. The third-order valence-electron chi connectivity index (χ3n) is 10.9. The lowest BCUT2D eigenvalue weighted by molar-refractivity contribution is 1.06. The standard InChI is InChI=1S/C51H32N4/c1-2-14-33(15-3-1)34-26-28-35(29-27-34)49-52-50(36-30-31-41-39-18-5-4-16-37(39)38-17-6-7-19-40(38)45(41)32-36)54-51(53-49)44-22-10-13-25-48(44)55-46-23-11-8-20-42(46)43-21-9-12-24-47(43)55/h1-32H. The van der Waals surface area contributed by atoms with E-state index in [0.29, 0.717) is 17.5 Å². The highest BCUT2D eigenvalue weighted by Crippen LogP contribution is 2.39. The van der Waals surface area contributed by atoms with Crippen LogP contribution in [0.3, 0.4) is 0 Å². The van der Waals surface area contributed by atoms with Gasteiger partial charge in [-0.1, -0.05) is 164 Å². The molecule has 0 bridgehead atoms. The Morgan fingerprint density at radius 2 is 0.691 bits per heavy atom. The number of aromatic nitrogens is 4. The monoisotopic (exact) mass is 700 g/mol. The molecule has 2 aromatic heterocycles. The molecule has 0 aliphatic heterocycles. The molecule has 256 valence electrons. The molecule has 4 heteroatoms. The fraction of sp³-hybridized carbons (Fsp3) is 0. The highest BCUT2D eigenvalue weighted by atomic mass is 15.1. The number of para-hydroxylation sites is 3. The van der Waals surface area contributed by atoms with E-state index >= 15 is 0 Å². The quantitative estimate of drug-likeness (QED) is 0.168. The molecule has 9 aromatic carbocycles. The molecule has 0 unspecified atom stereocenters. The van der Waals surface area contributed by atoms with Crippen molar-refractivity contribution < 1.29 is 0 Å². The molecule has 0 fully saturated rings. The Balaban J connectivity index is 1.15. The van der Waals surface area contributed by atoms with E-state index in [-0.39, 0.29) is 0 Å². The van der Waals surface area contributed by atoms with Gasteiger partial charge in [0.15, 0.2) is 17.5 Å². The van der Waals surface area contributed by atoms with Gasteiger partial charge in [0, 0.05) is 27.5 Å². The van der Waals surface area contributed by atoms with E-state index in [9.17, 15) is 0 Å². The molecule has 0 saturated carbocycles. The van der Waals surface area contributed by atoms with Gasteiger partial charge in [0.2, 0.25) is 0 Å². The third kappa shape index (κ3) is 5.11. The summed E-state index contributed by atoms with van der Waals surface area (Å²) in [6, 6.07) is 68.6. The third-order valence-corrected chi connectivity index (χ3v) is 10.9. The first-order valence-electron chi connectivity index (χ1n) is 18.6. The summed E-state index contributed by atoms with van der Waals surface area (Å²) in [5, 5.41) is 9.73. The van der Waals surface area contributed by atoms with Crippen molar-refractivity contribution in [3.05, 3.63) is 194 Å². The molecular weight excluding hydrogens is 669 g/mol. The molecule has 0 atom stereocenters. The maximum absolute atomic E-state index is 5.31. The van der Waals surface area contributed by atoms with Gasteiger partial charge >= 0.3 is 0 Å². The number of nitrogens with zero attached hydrogens (tertiary/aromatic N) is 4. The molecule has 0 aliphatic rings. The van der Waals surface area contributed by atoms with Crippen molar-refractivity contribution in [2.24, 2.45) is 0 Å². The van der Waals surface area contributed by atoms with Crippen LogP contribution in [-0.4, -0.2) is 19.5 Å². The molecule has 11 rings (SSSR count). The van der Waals surface area contributed by atoms with Gasteiger partial charge < -0.3 is 4.57 Å². The van der Waals surface area contributed by atoms with Crippen LogP contribution in [0.1, 0.15) is 0 Å². The first-order chi connectivity index (χ1) is 27.3. The Morgan fingerprint density at radius 1 is 0.273 bits per heavy atom. The van der Waals surface area contributed by atoms with Crippen molar-refractivity contribution in [2.75, 3.05) is 0 Å². The minimum absolute atomic E-state index is 0.619. The second-order valence-electron chi connectivity index (χ2n) is 14.0. The van der Waals surface area contributed by atoms with Crippen molar-refractivity contribution in [3.63, 3.8) is 0 Å². The smallest absolute Gasteiger partial charge is 0.166 e. The second-order valence-corrected chi connectivity index (χ2v) is 14.0. The molecule has 0 N–H and O–H groups in total. The Labute approximate surface area is 317 Å². The van der Waals surface area contributed by atoms with Gasteiger partial charge in [-0.3, -0.25) is 0 Å². The number of benzene rings is 9. The van der Waals surface area contributed by atoms with Gasteiger partial charge in [-0.25, -0.2) is 15.0 Å². The van der Waals surface area contributed by atoms with Gasteiger partial charge in [0.05, 0.1) is 16.7 Å². The maximum Gasteiger partial charge on any atom is 0.166 e. The summed E-state index contributed by atoms with van der Waals surface area (Å²) in [6.07, 6.45) is 0. The zero-order valence-corrected chi connectivity index (χ0v) is 29.8. The van der Waals surface area contributed by atoms with E-state index in [0.717, 1.165) is 39.0 Å². The van der Waals surface area contributed by atoms with E-state index in [1.54, 1.807) is 0 Å². The number of hydrogen-bond acceptors (Lipinski definition) is 3. The fourth-order valence-corrected chi connectivity index (χ4v) is 8.28. The molecular formula is C51H32N4. The van der Waals surface area contributed by atoms with Crippen LogP contribution in [0.4, 0.5) is 0 Å². The average molecular weight is 701 g/mol. The fourth-order valence-electron chi connectivity index (χ4n) is 8.28. The van der Waals surface area contributed by atoms with Crippen molar-refractivity contribution >= 4 is 54.1 Å². The summed E-state index contributed by atoms with van der Waals surface area (Å²) in [4.78, 5) is 15.8. The second kappa shape index (κ2) is 12.6. The van der Waals surface area contributed by atoms with E-state index in [1.807, 2.05) is 6.07 Å². The zero-order valence-electron chi connectivity index (χ0n) is 29.8. The van der Waals surface area contributed by atoms with Gasteiger partial charge in [-0.15, -0.1) is 0 Å². The molecule has 11 aromatic rings. The lowest BCUT2D eigenvalue weighted by Gasteiger charge is -2.15. The zero-order chi connectivity index (χ0) is 36.3. The predicted molar refractivity (Wildman–Crippen MR) is 228 cm³/mol. The Bertz CT molecular complexity index is 3160. The molecule has 0 radical (unpaired) electrons. The maximum atomic E-state index is 5.31. The van der Waals surface area contributed by atoms with Crippen LogP contribution >= 0.6 is 0 Å². The summed E-state index contributed by atoms with van der Waals surface area (Å²) >= 11 is 0. The van der Waals surface area contributed by atoms with Crippen LogP contribution in [0, 0.1) is 0 Å². The highest BCUT2D eigenvalue weighted by Gasteiger charge is 2.20. The highest BCUT2D eigenvalue weighted by molar-refractivity contribution is 6.25. The molecule has 2 heterocycles. The normalized spacial score (nSPS) is 11.6. The van der Waals surface area contributed by atoms with E-state index in [1.165, 1.54) is 48.7 Å². The van der Waals surface area contributed by atoms with Crippen LogP contribution in [-0.2, 0) is 0 Å². The molecule has 4 nitrogen and oxygen atoms in total. The summed E-state index contributed by atoms with van der Waals surface area (Å²) in [5.74, 6) is 1.87. The lowest BCUT2D eigenvalue weighted by Crippen LogP contribution is -2.03. The van der Waals surface area contributed by atoms with E-state index < -0.39 is 0 Å². The molecule has 55 heavy (non-hydrogen) atoms. The van der Waals surface area contributed by atoms with Crippen LogP contribution in [0.5, 0.6) is 0 Å². The van der Waals surface area contributed by atoms with Crippen LogP contribution in [0.15, 0.2) is 194 Å². The number of hydrogen-bond donors (Lipinski definition) is 0. The summed E-state index contributed by atoms with van der Waals surface area (Å²) in [5.41, 5.74) is 8.39. The van der Waals surface area contributed by atoms with Crippen molar-refractivity contribution in [2.45, 2.75) is 0 Å². The summed E-state index contributed by atoms with van der Waals surface area (Å²) in [7, 11) is 0. The molecule has 0 aliphatic carbocycles. The van der Waals surface area contributed by atoms with E-state index in [4.69, 9.17) is 15.0 Å². The van der Waals surface area contributed by atoms with Crippen LogP contribution in [0.2, 0.25) is 0 Å². The number of fused-ring (bicyclic) bond motifs is 9.